The van der Waals surface area contributed by atoms with Gasteiger partial charge in [-0.3, -0.25) is 4.79 Å². The zero-order valence-electron chi connectivity index (χ0n) is 13.0. The van der Waals surface area contributed by atoms with Crippen molar-refractivity contribution in [3.63, 3.8) is 0 Å². The zero-order valence-corrected chi connectivity index (χ0v) is 13.0. The van der Waals surface area contributed by atoms with Gasteiger partial charge in [-0.25, -0.2) is 9.97 Å². The summed E-state index contributed by atoms with van der Waals surface area (Å²) >= 11 is 0. The van der Waals surface area contributed by atoms with Crippen LogP contribution in [0.5, 0.6) is 0 Å². The molecule has 0 aliphatic carbocycles. The maximum absolute atomic E-state index is 12.3. The number of carbonyl (C=O) groups excluding carboxylic acids is 1. The average Bonchev–Trinajstić information content (AvgIpc) is 3.05. The van der Waals surface area contributed by atoms with E-state index in [-0.39, 0.29) is 5.91 Å². The van der Waals surface area contributed by atoms with Crippen LogP contribution in [0, 0.1) is 13.8 Å². The molecule has 0 spiro atoms. The highest BCUT2D eigenvalue weighted by atomic mass is 16.1. The Balaban J connectivity index is 1.73. The summed E-state index contributed by atoms with van der Waals surface area (Å²) in [5, 5.41) is 2.92. The molecule has 0 bridgehead atoms. The molecule has 1 aromatic carbocycles. The first-order valence-electron chi connectivity index (χ1n) is 7.59. The Hall–Kier alpha value is -2.43. The van der Waals surface area contributed by atoms with E-state index in [0.717, 1.165) is 29.9 Å². The fraction of sp³-hybridized carbons (Fsp3) is 0.353. The molecular weight excluding hydrogens is 276 g/mol. The van der Waals surface area contributed by atoms with Crippen LogP contribution < -0.4 is 10.2 Å². The minimum absolute atomic E-state index is 0.179. The van der Waals surface area contributed by atoms with Crippen LogP contribution in [0.3, 0.4) is 0 Å². The number of hydrogen-bond acceptors (Lipinski definition) is 4. The molecule has 5 heteroatoms. The van der Waals surface area contributed by atoms with Crippen molar-refractivity contribution >= 4 is 17.5 Å². The van der Waals surface area contributed by atoms with Crippen molar-refractivity contribution in [3.05, 3.63) is 47.3 Å². The van der Waals surface area contributed by atoms with Gasteiger partial charge < -0.3 is 10.2 Å². The van der Waals surface area contributed by atoms with Gasteiger partial charge >= 0.3 is 0 Å². The monoisotopic (exact) mass is 296 g/mol. The minimum atomic E-state index is -0.179. The van der Waals surface area contributed by atoms with E-state index in [1.807, 2.05) is 32.0 Å². The summed E-state index contributed by atoms with van der Waals surface area (Å²) < 4.78 is 0. The van der Waals surface area contributed by atoms with Gasteiger partial charge in [0.2, 0.25) is 5.95 Å². The maximum atomic E-state index is 12.3. The third kappa shape index (κ3) is 3.08. The third-order valence-corrected chi connectivity index (χ3v) is 3.93. The van der Waals surface area contributed by atoms with Gasteiger partial charge in [0, 0.05) is 31.2 Å². The largest absolute Gasteiger partial charge is 0.341 e. The SMILES string of the molecule is Cc1ccc(C)c(NC(=O)c2cnc(N3CCCC3)nc2)c1. The molecule has 0 atom stereocenters. The van der Waals surface area contributed by atoms with E-state index in [9.17, 15) is 4.79 Å². The van der Waals surface area contributed by atoms with E-state index in [0.29, 0.717) is 11.5 Å². The summed E-state index contributed by atoms with van der Waals surface area (Å²) in [4.78, 5) is 23.1. The van der Waals surface area contributed by atoms with Crippen molar-refractivity contribution in [1.29, 1.82) is 0 Å². The van der Waals surface area contributed by atoms with Gasteiger partial charge in [-0.05, 0) is 43.9 Å². The smallest absolute Gasteiger partial charge is 0.258 e. The van der Waals surface area contributed by atoms with Crippen LogP contribution in [0.25, 0.3) is 0 Å². The van der Waals surface area contributed by atoms with Gasteiger partial charge in [-0.1, -0.05) is 12.1 Å². The van der Waals surface area contributed by atoms with E-state index >= 15 is 0 Å². The van der Waals surface area contributed by atoms with E-state index in [1.54, 1.807) is 12.4 Å². The number of nitrogens with zero attached hydrogens (tertiary/aromatic N) is 3. The molecule has 0 unspecified atom stereocenters. The number of aryl methyl sites for hydroxylation is 2. The molecule has 5 nitrogen and oxygen atoms in total. The lowest BCUT2D eigenvalue weighted by atomic mass is 10.1. The second kappa shape index (κ2) is 6.13. The first-order chi connectivity index (χ1) is 10.6. The molecule has 2 heterocycles. The lowest BCUT2D eigenvalue weighted by Crippen LogP contribution is -2.21. The Morgan fingerprint density at radius 3 is 2.50 bits per heavy atom. The number of aromatic nitrogens is 2. The van der Waals surface area contributed by atoms with Gasteiger partial charge in [0.05, 0.1) is 5.56 Å². The van der Waals surface area contributed by atoms with Crippen molar-refractivity contribution in [2.75, 3.05) is 23.3 Å². The summed E-state index contributed by atoms with van der Waals surface area (Å²) in [5.74, 6) is 0.530. The molecule has 1 N–H and O–H groups in total. The number of benzene rings is 1. The molecule has 2 aromatic rings. The Morgan fingerprint density at radius 1 is 1.14 bits per heavy atom. The molecule has 22 heavy (non-hydrogen) atoms. The van der Waals surface area contributed by atoms with Crippen molar-refractivity contribution in [3.8, 4) is 0 Å². The molecule has 1 saturated heterocycles. The van der Waals surface area contributed by atoms with Crippen LogP contribution in [0.4, 0.5) is 11.6 Å². The average molecular weight is 296 g/mol. The Morgan fingerprint density at radius 2 is 1.82 bits per heavy atom. The van der Waals surface area contributed by atoms with Crippen LogP contribution in [0.1, 0.15) is 34.3 Å². The molecule has 3 rings (SSSR count). The van der Waals surface area contributed by atoms with E-state index in [1.165, 1.54) is 12.8 Å². The molecule has 1 aliphatic rings. The standard InChI is InChI=1S/C17H20N4O/c1-12-5-6-13(2)15(9-12)20-16(22)14-10-18-17(19-11-14)21-7-3-4-8-21/h5-6,9-11H,3-4,7-8H2,1-2H3,(H,20,22). The maximum Gasteiger partial charge on any atom is 0.258 e. The molecule has 1 amide bonds. The number of carbonyl (C=O) groups is 1. The van der Waals surface area contributed by atoms with E-state index < -0.39 is 0 Å². The summed E-state index contributed by atoms with van der Waals surface area (Å²) in [6.07, 6.45) is 5.55. The van der Waals surface area contributed by atoms with Gasteiger partial charge in [-0.2, -0.15) is 0 Å². The second-order valence-electron chi connectivity index (χ2n) is 5.74. The van der Waals surface area contributed by atoms with E-state index in [2.05, 4.69) is 20.2 Å². The fourth-order valence-corrected chi connectivity index (χ4v) is 2.58. The van der Waals surface area contributed by atoms with Crippen LogP contribution >= 0.6 is 0 Å². The highest BCUT2D eigenvalue weighted by Crippen LogP contribution is 2.18. The Labute approximate surface area is 130 Å². The second-order valence-corrected chi connectivity index (χ2v) is 5.74. The molecule has 0 radical (unpaired) electrons. The quantitative estimate of drug-likeness (QED) is 0.946. The summed E-state index contributed by atoms with van der Waals surface area (Å²) in [7, 11) is 0. The molecule has 1 aromatic heterocycles. The fourth-order valence-electron chi connectivity index (χ4n) is 2.58. The summed E-state index contributed by atoms with van der Waals surface area (Å²) in [5.41, 5.74) is 3.45. The molecule has 1 fully saturated rings. The van der Waals surface area contributed by atoms with Gasteiger partial charge in [-0.15, -0.1) is 0 Å². The van der Waals surface area contributed by atoms with Gasteiger partial charge in [0.1, 0.15) is 0 Å². The van der Waals surface area contributed by atoms with Crippen molar-refractivity contribution in [1.82, 2.24) is 9.97 Å². The number of nitrogens with one attached hydrogen (secondary N) is 1. The number of anilines is 2. The molecular formula is C17H20N4O. The zero-order chi connectivity index (χ0) is 15.5. The van der Waals surface area contributed by atoms with Crippen molar-refractivity contribution < 1.29 is 4.79 Å². The predicted octanol–water partition coefficient (Wildman–Crippen LogP) is 2.95. The number of rotatable bonds is 3. The highest BCUT2D eigenvalue weighted by Gasteiger charge is 2.16. The molecule has 114 valence electrons. The van der Waals surface area contributed by atoms with Crippen LogP contribution in [0.2, 0.25) is 0 Å². The lowest BCUT2D eigenvalue weighted by molar-refractivity contribution is 0.102. The van der Waals surface area contributed by atoms with Crippen molar-refractivity contribution in [2.45, 2.75) is 26.7 Å². The van der Waals surface area contributed by atoms with Gasteiger partial charge in [0.25, 0.3) is 5.91 Å². The molecule has 1 aliphatic heterocycles. The van der Waals surface area contributed by atoms with Gasteiger partial charge in [0.15, 0.2) is 0 Å². The number of amides is 1. The summed E-state index contributed by atoms with van der Waals surface area (Å²) in [6.45, 7) is 5.97. The van der Waals surface area contributed by atoms with Crippen LogP contribution in [-0.4, -0.2) is 29.0 Å². The van der Waals surface area contributed by atoms with E-state index in [4.69, 9.17) is 0 Å². The van der Waals surface area contributed by atoms with Crippen molar-refractivity contribution in [2.24, 2.45) is 0 Å². The Kier molecular flexibility index (Phi) is 4.04. The molecule has 0 saturated carbocycles. The first-order valence-corrected chi connectivity index (χ1v) is 7.59. The lowest BCUT2D eigenvalue weighted by Gasteiger charge is -2.14. The van der Waals surface area contributed by atoms with Crippen LogP contribution in [0.15, 0.2) is 30.6 Å². The Bertz CT molecular complexity index is 676. The third-order valence-electron chi connectivity index (χ3n) is 3.93. The summed E-state index contributed by atoms with van der Waals surface area (Å²) in [6, 6.07) is 5.99. The highest BCUT2D eigenvalue weighted by molar-refractivity contribution is 6.04. The predicted molar refractivity (Wildman–Crippen MR) is 87.3 cm³/mol. The number of hydrogen-bond donors (Lipinski definition) is 1. The minimum Gasteiger partial charge on any atom is -0.341 e. The topological polar surface area (TPSA) is 58.1 Å². The first kappa shape index (κ1) is 14.5. The normalized spacial score (nSPS) is 14.2. The van der Waals surface area contributed by atoms with Crippen LogP contribution in [-0.2, 0) is 0 Å².